The number of hydrogen-bond donors (Lipinski definition) is 1. The fourth-order valence-electron chi connectivity index (χ4n) is 5.73. The lowest BCUT2D eigenvalue weighted by molar-refractivity contribution is 0.426. The summed E-state index contributed by atoms with van der Waals surface area (Å²) in [7, 11) is 0. The predicted molar refractivity (Wildman–Crippen MR) is 121 cm³/mol. The van der Waals surface area contributed by atoms with Gasteiger partial charge in [0, 0.05) is 16.7 Å². The maximum atomic E-state index is 6.53. The van der Waals surface area contributed by atoms with Gasteiger partial charge in [0.05, 0.1) is 17.3 Å². The molecule has 30 heavy (non-hydrogen) atoms. The average molecular weight is 417 g/mol. The van der Waals surface area contributed by atoms with Crippen LogP contribution >= 0.6 is 11.6 Å². The first-order valence-electron chi connectivity index (χ1n) is 10.8. The fraction of sp³-hybridized carbons (Fsp3) is 0.346. The van der Waals surface area contributed by atoms with Crippen LogP contribution in [-0.4, -0.2) is 5.84 Å². The third-order valence-electron chi connectivity index (χ3n) is 7.19. The highest BCUT2D eigenvalue weighted by atomic mass is 35.5. The molecule has 1 aromatic heterocycles. The Bertz CT molecular complexity index is 1220. The molecular weight excluding hydrogens is 392 g/mol. The van der Waals surface area contributed by atoms with Crippen molar-refractivity contribution >= 4 is 17.4 Å². The Hall–Kier alpha value is -2.52. The first-order valence-corrected chi connectivity index (χ1v) is 11.2. The van der Waals surface area contributed by atoms with E-state index in [1.165, 1.54) is 46.2 Å². The van der Waals surface area contributed by atoms with E-state index in [9.17, 15) is 0 Å². The number of furan rings is 1. The normalized spacial score (nSPS) is 23.0. The second kappa shape index (κ2) is 6.24. The highest BCUT2D eigenvalue weighted by Gasteiger charge is 2.44. The summed E-state index contributed by atoms with van der Waals surface area (Å²) in [6.45, 7) is 6.86. The average Bonchev–Trinajstić information content (AvgIpc) is 3.31. The van der Waals surface area contributed by atoms with E-state index in [0.29, 0.717) is 0 Å². The Morgan fingerprint density at radius 2 is 1.93 bits per heavy atom. The van der Waals surface area contributed by atoms with Crippen molar-refractivity contribution in [2.24, 2.45) is 4.99 Å². The molecule has 3 aromatic rings. The molecule has 6 rings (SSSR count). The van der Waals surface area contributed by atoms with Crippen molar-refractivity contribution in [3.8, 4) is 11.3 Å². The maximum absolute atomic E-state index is 6.53. The minimum absolute atomic E-state index is 0.0407. The Balaban J connectivity index is 1.61. The molecule has 1 aliphatic heterocycles. The highest BCUT2D eigenvalue weighted by Crippen LogP contribution is 2.54. The van der Waals surface area contributed by atoms with Crippen LogP contribution in [-0.2, 0) is 11.8 Å². The van der Waals surface area contributed by atoms with E-state index in [1.54, 1.807) is 0 Å². The van der Waals surface area contributed by atoms with Crippen molar-refractivity contribution in [3.63, 3.8) is 0 Å². The van der Waals surface area contributed by atoms with Gasteiger partial charge < -0.3 is 9.73 Å². The summed E-state index contributed by atoms with van der Waals surface area (Å²) in [6, 6.07) is 12.7. The summed E-state index contributed by atoms with van der Waals surface area (Å²) in [5.74, 6) is 1.88. The number of rotatable bonds is 1. The van der Waals surface area contributed by atoms with E-state index in [1.807, 2.05) is 30.5 Å². The second-order valence-electron chi connectivity index (χ2n) is 9.48. The van der Waals surface area contributed by atoms with Crippen LogP contribution in [0.2, 0.25) is 5.02 Å². The topological polar surface area (TPSA) is 37.5 Å². The van der Waals surface area contributed by atoms with E-state index >= 15 is 0 Å². The van der Waals surface area contributed by atoms with Crippen LogP contribution in [0, 0.1) is 6.92 Å². The molecule has 152 valence electrons. The van der Waals surface area contributed by atoms with Crippen LogP contribution in [0.4, 0.5) is 0 Å². The van der Waals surface area contributed by atoms with E-state index in [-0.39, 0.29) is 17.5 Å². The van der Waals surface area contributed by atoms with Crippen LogP contribution < -0.4 is 5.32 Å². The number of amidine groups is 1. The summed E-state index contributed by atoms with van der Waals surface area (Å²) < 4.78 is 6.11. The molecular formula is C26H25ClN2O. The molecule has 2 heterocycles. The lowest BCUT2D eigenvalue weighted by atomic mass is 9.68. The van der Waals surface area contributed by atoms with Gasteiger partial charge in [-0.2, -0.15) is 0 Å². The number of aliphatic imine (C=N–C) groups is 1. The number of halogens is 1. The number of fused-ring (bicyclic) bond motifs is 8. The number of nitrogens with one attached hydrogen (secondary N) is 1. The van der Waals surface area contributed by atoms with Gasteiger partial charge in [-0.1, -0.05) is 49.7 Å². The zero-order valence-electron chi connectivity index (χ0n) is 17.6. The lowest BCUT2D eigenvalue weighted by Crippen LogP contribution is -2.30. The lowest BCUT2D eigenvalue weighted by Gasteiger charge is -2.37. The molecule has 0 saturated heterocycles. The molecule has 2 atom stereocenters. The third kappa shape index (κ3) is 2.42. The smallest absolute Gasteiger partial charge is 0.139 e. The number of aryl methyl sites for hydroxylation is 1. The van der Waals surface area contributed by atoms with E-state index in [4.69, 9.17) is 21.0 Å². The molecule has 0 fully saturated rings. The minimum atomic E-state index is 0.0407. The van der Waals surface area contributed by atoms with Gasteiger partial charge in [0.25, 0.3) is 0 Å². The maximum Gasteiger partial charge on any atom is 0.139 e. The van der Waals surface area contributed by atoms with Gasteiger partial charge in [0.2, 0.25) is 0 Å². The summed E-state index contributed by atoms with van der Waals surface area (Å²) >= 11 is 6.53. The monoisotopic (exact) mass is 416 g/mol. The first kappa shape index (κ1) is 18.3. The molecule has 0 amide bonds. The number of hydrogen-bond acceptors (Lipinski definition) is 3. The van der Waals surface area contributed by atoms with Crippen molar-refractivity contribution in [1.29, 1.82) is 0 Å². The van der Waals surface area contributed by atoms with Gasteiger partial charge in [-0.05, 0) is 66.0 Å². The Morgan fingerprint density at radius 1 is 1.10 bits per heavy atom. The van der Waals surface area contributed by atoms with Crippen LogP contribution in [0.5, 0.6) is 0 Å². The molecule has 1 N–H and O–H groups in total. The van der Waals surface area contributed by atoms with Crippen LogP contribution in [0.15, 0.2) is 52.1 Å². The van der Waals surface area contributed by atoms with Gasteiger partial charge >= 0.3 is 0 Å². The predicted octanol–water partition coefficient (Wildman–Crippen LogP) is 6.67. The van der Waals surface area contributed by atoms with Crippen LogP contribution in [0.1, 0.15) is 72.2 Å². The number of nitrogens with zero attached hydrogens (tertiary/aromatic N) is 1. The molecule has 3 nitrogen and oxygen atoms in total. The Kier molecular flexibility index (Phi) is 3.80. The van der Waals surface area contributed by atoms with Crippen LogP contribution in [0.25, 0.3) is 11.3 Å². The van der Waals surface area contributed by atoms with E-state index in [2.05, 4.69) is 38.2 Å². The summed E-state index contributed by atoms with van der Waals surface area (Å²) in [5.41, 5.74) is 9.06. The fourth-order valence-corrected chi connectivity index (χ4v) is 5.96. The van der Waals surface area contributed by atoms with Gasteiger partial charge in [-0.15, -0.1) is 0 Å². The van der Waals surface area contributed by atoms with Crippen molar-refractivity contribution in [3.05, 3.63) is 81.1 Å². The minimum Gasteiger partial charge on any atom is -0.464 e. The molecule has 4 heteroatoms. The Morgan fingerprint density at radius 3 is 2.77 bits per heavy atom. The molecule has 2 aromatic carbocycles. The molecule has 3 aliphatic rings. The van der Waals surface area contributed by atoms with Gasteiger partial charge in [0.15, 0.2) is 0 Å². The molecule has 2 aliphatic carbocycles. The molecule has 0 bridgehead atoms. The first-order chi connectivity index (χ1) is 14.5. The van der Waals surface area contributed by atoms with E-state index in [0.717, 1.165) is 28.6 Å². The van der Waals surface area contributed by atoms with Crippen LogP contribution in [0.3, 0.4) is 0 Å². The molecule has 0 radical (unpaired) electrons. The highest BCUT2D eigenvalue weighted by molar-refractivity contribution is 6.34. The SMILES string of the molecule is Cc1coc2c1C1NC(c3ccccc3Cl)=NC1c1c-2ccc2c1CCCC2(C)C. The molecule has 0 saturated carbocycles. The van der Waals surface area contributed by atoms with Gasteiger partial charge in [0.1, 0.15) is 17.6 Å². The summed E-state index contributed by atoms with van der Waals surface area (Å²) in [5, 5.41) is 4.43. The summed E-state index contributed by atoms with van der Waals surface area (Å²) in [4.78, 5) is 5.24. The Labute approximate surface area is 182 Å². The number of benzene rings is 2. The summed E-state index contributed by atoms with van der Waals surface area (Å²) in [6.07, 6.45) is 5.43. The standard InChI is InChI=1S/C26H25ClN2O/c1-14-13-30-24-17-10-11-18-15(8-6-12-26(18,2)3)21(17)23-22(20(14)24)28-25(29-23)16-7-4-5-9-19(16)27/h4-5,7,9-11,13,22-23H,6,8,12H2,1-3H3,(H,28,29). The van der Waals surface area contributed by atoms with Crippen molar-refractivity contribution in [2.45, 2.75) is 57.5 Å². The molecule has 0 spiro atoms. The second-order valence-corrected chi connectivity index (χ2v) is 9.88. The third-order valence-corrected chi connectivity index (χ3v) is 7.52. The van der Waals surface area contributed by atoms with Crippen molar-refractivity contribution < 1.29 is 4.42 Å². The zero-order chi connectivity index (χ0) is 20.6. The largest absolute Gasteiger partial charge is 0.464 e. The molecule has 2 unspecified atom stereocenters. The van der Waals surface area contributed by atoms with E-state index < -0.39 is 0 Å². The van der Waals surface area contributed by atoms with Crippen molar-refractivity contribution in [1.82, 2.24) is 5.32 Å². The zero-order valence-corrected chi connectivity index (χ0v) is 18.3. The quantitative estimate of drug-likeness (QED) is 0.481. The van der Waals surface area contributed by atoms with Gasteiger partial charge in [-0.25, -0.2) is 0 Å². The van der Waals surface area contributed by atoms with Crippen molar-refractivity contribution in [2.75, 3.05) is 0 Å². The van der Waals surface area contributed by atoms with Gasteiger partial charge in [-0.3, -0.25) is 4.99 Å².